The van der Waals surface area contributed by atoms with Crippen molar-refractivity contribution in [2.45, 2.75) is 6.54 Å². The van der Waals surface area contributed by atoms with E-state index in [4.69, 9.17) is 34.8 Å². The number of anilines is 1. The van der Waals surface area contributed by atoms with Gasteiger partial charge in [-0.2, -0.15) is 0 Å². The first-order valence-corrected chi connectivity index (χ1v) is 7.66. The van der Waals surface area contributed by atoms with Crippen molar-refractivity contribution >= 4 is 57.3 Å². The molecule has 1 aromatic heterocycles. The number of aromatic nitrogens is 1. The lowest BCUT2D eigenvalue weighted by Crippen LogP contribution is -2.18. The van der Waals surface area contributed by atoms with Gasteiger partial charge in [0.15, 0.2) is 0 Å². The molecule has 1 amide bonds. The van der Waals surface area contributed by atoms with Crippen LogP contribution in [0.15, 0.2) is 48.7 Å². The Morgan fingerprint density at radius 3 is 2.73 bits per heavy atom. The van der Waals surface area contributed by atoms with Crippen LogP contribution in [0.2, 0.25) is 15.1 Å². The number of fused-ring (bicyclic) bond motifs is 1. The Hall–Kier alpha value is -1.68. The Balaban J connectivity index is 1.80. The van der Waals surface area contributed by atoms with Crippen LogP contribution < -0.4 is 5.32 Å². The fourth-order valence-electron chi connectivity index (χ4n) is 2.25. The molecule has 1 heterocycles. The smallest absolute Gasteiger partial charge is 0.244 e. The lowest BCUT2D eigenvalue weighted by Gasteiger charge is -2.09. The van der Waals surface area contributed by atoms with Crippen molar-refractivity contribution in [3.05, 3.63) is 63.7 Å². The van der Waals surface area contributed by atoms with Crippen LogP contribution in [-0.2, 0) is 11.3 Å². The van der Waals surface area contributed by atoms with Gasteiger partial charge in [0.25, 0.3) is 0 Å². The van der Waals surface area contributed by atoms with Gasteiger partial charge >= 0.3 is 0 Å². The molecule has 3 aromatic rings. The fourth-order valence-corrected chi connectivity index (χ4v) is 2.78. The van der Waals surface area contributed by atoms with Crippen molar-refractivity contribution in [3.63, 3.8) is 0 Å². The molecule has 0 aliphatic rings. The minimum absolute atomic E-state index is 0.175. The molecule has 0 saturated carbocycles. The highest BCUT2D eigenvalue weighted by atomic mass is 35.5. The van der Waals surface area contributed by atoms with Gasteiger partial charge in [-0.05, 0) is 36.4 Å². The maximum Gasteiger partial charge on any atom is 0.244 e. The zero-order valence-electron chi connectivity index (χ0n) is 11.3. The Labute approximate surface area is 142 Å². The molecule has 0 bridgehead atoms. The van der Waals surface area contributed by atoms with Gasteiger partial charge in [-0.1, -0.05) is 40.9 Å². The normalized spacial score (nSPS) is 10.9. The summed E-state index contributed by atoms with van der Waals surface area (Å²) in [6.07, 6.45) is 1.85. The summed E-state index contributed by atoms with van der Waals surface area (Å²) in [4.78, 5) is 12.2. The van der Waals surface area contributed by atoms with E-state index in [1.165, 1.54) is 0 Å². The molecule has 1 N–H and O–H groups in total. The lowest BCUT2D eigenvalue weighted by molar-refractivity contribution is -0.116. The molecule has 0 radical (unpaired) electrons. The lowest BCUT2D eigenvalue weighted by atomic mass is 10.2. The van der Waals surface area contributed by atoms with Gasteiger partial charge < -0.3 is 9.88 Å². The van der Waals surface area contributed by atoms with Crippen LogP contribution in [0, 0.1) is 0 Å². The molecule has 0 unspecified atom stereocenters. The third-order valence-corrected chi connectivity index (χ3v) is 4.33. The van der Waals surface area contributed by atoms with Crippen molar-refractivity contribution in [1.29, 1.82) is 0 Å². The first-order valence-electron chi connectivity index (χ1n) is 6.53. The minimum atomic E-state index is -0.184. The van der Waals surface area contributed by atoms with Gasteiger partial charge in [0.2, 0.25) is 5.91 Å². The van der Waals surface area contributed by atoms with E-state index < -0.39 is 0 Å². The Bertz CT molecular complexity index is 858. The van der Waals surface area contributed by atoms with E-state index in [-0.39, 0.29) is 12.5 Å². The SMILES string of the molecule is O=C(Cn1ccc2cc(Cl)ccc21)Nc1cccc(Cl)c1Cl. The zero-order valence-corrected chi connectivity index (χ0v) is 13.6. The minimum Gasteiger partial charge on any atom is -0.338 e. The maximum absolute atomic E-state index is 12.2. The number of benzene rings is 2. The zero-order chi connectivity index (χ0) is 15.7. The van der Waals surface area contributed by atoms with Crippen LogP contribution in [0.3, 0.4) is 0 Å². The van der Waals surface area contributed by atoms with Crippen molar-refractivity contribution in [2.75, 3.05) is 5.32 Å². The van der Waals surface area contributed by atoms with Crippen molar-refractivity contribution in [2.24, 2.45) is 0 Å². The summed E-state index contributed by atoms with van der Waals surface area (Å²) in [6.45, 7) is 0.175. The molecule has 0 saturated heterocycles. The van der Waals surface area contributed by atoms with Crippen molar-refractivity contribution < 1.29 is 4.79 Å². The molecular formula is C16H11Cl3N2O. The molecule has 3 nitrogen and oxygen atoms in total. The molecule has 6 heteroatoms. The molecule has 112 valence electrons. The third-order valence-electron chi connectivity index (χ3n) is 3.27. The van der Waals surface area contributed by atoms with E-state index in [0.29, 0.717) is 20.8 Å². The highest BCUT2D eigenvalue weighted by molar-refractivity contribution is 6.44. The number of rotatable bonds is 3. The second kappa shape index (κ2) is 6.21. The summed E-state index contributed by atoms with van der Waals surface area (Å²) in [5, 5.41) is 5.16. The molecule has 0 atom stereocenters. The van der Waals surface area contributed by atoms with Crippen LogP contribution in [-0.4, -0.2) is 10.5 Å². The number of hydrogen-bond donors (Lipinski definition) is 1. The van der Waals surface area contributed by atoms with E-state index in [0.717, 1.165) is 10.9 Å². The van der Waals surface area contributed by atoms with Gasteiger partial charge in [0.05, 0.1) is 15.7 Å². The summed E-state index contributed by atoms with van der Waals surface area (Å²) in [7, 11) is 0. The summed E-state index contributed by atoms with van der Waals surface area (Å²) in [5.41, 5.74) is 1.44. The van der Waals surface area contributed by atoms with Gasteiger partial charge in [0.1, 0.15) is 6.54 Å². The largest absolute Gasteiger partial charge is 0.338 e. The summed E-state index contributed by atoms with van der Waals surface area (Å²) < 4.78 is 1.85. The van der Waals surface area contributed by atoms with E-state index >= 15 is 0 Å². The molecule has 0 spiro atoms. The van der Waals surface area contributed by atoms with Crippen LogP contribution >= 0.6 is 34.8 Å². The molecular weight excluding hydrogens is 343 g/mol. The highest BCUT2D eigenvalue weighted by Crippen LogP contribution is 2.29. The van der Waals surface area contributed by atoms with E-state index in [2.05, 4.69) is 5.32 Å². The van der Waals surface area contributed by atoms with Crippen molar-refractivity contribution in [1.82, 2.24) is 4.57 Å². The molecule has 0 aliphatic heterocycles. The first kappa shape index (κ1) is 15.2. The Kier molecular flexibility index (Phi) is 4.30. The standard InChI is InChI=1S/C16H11Cl3N2O/c17-11-4-5-14-10(8-11)6-7-21(14)9-15(22)20-13-3-1-2-12(18)16(13)19/h1-8H,9H2,(H,20,22). The molecule has 22 heavy (non-hydrogen) atoms. The van der Waals surface area contributed by atoms with E-state index in [1.807, 2.05) is 29.0 Å². The van der Waals surface area contributed by atoms with Crippen LogP contribution in [0.25, 0.3) is 10.9 Å². The van der Waals surface area contributed by atoms with Gasteiger partial charge in [0, 0.05) is 22.1 Å². The van der Waals surface area contributed by atoms with Crippen LogP contribution in [0.1, 0.15) is 0 Å². The summed E-state index contributed by atoms with van der Waals surface area (Å²) >= 11 is 18.0. The third kappa shape index (κ3) is 3.07. The van der Waals surface area contributed by atoms with Crippen LogP contribution in [0.4, 0.5) is 5.69 Å². The fraction of sp³-hybridized carbons (Fsp3) is 0.0625. The van der Waals surface area contributed by atoms with Gasteiger partial charge in [-0.25, -0.2) is 0 Å². The second-order valence-electron chi connectivity index (χ2n) is 4.80. The molecule has 0 fully saturated rings. The average molecular weight is 354 g/mol. The maximum atomic E-state index is 12.2. The quantitative estimate of drug-likeness (QED) is 0.686. The number of nitrogens with zero attached hydrogens (tertiary/aromatic N) is 1. The first-order chi connectivity index (χ1) is 10.5. The predicted molar refractivity (Wildman–Crippen MR) is 92.0 cm³/mol. The predicted octanol–water partition coefficient (Wildman–Crippen LogP) is 5.24. The number of amides is 1. The van der Waals surface area contributed by atoms with E-state index in [9.17, 15) is 4.79 Å². The van der Waals surface area contributed by atoms with Gasteiger partial charge in [-0.3, -0.25) is 4.79 Å². The number of nitrogens with one attached hydrogen (secondary N) is 1. The summed E-state index contributed by atoms with van der Waals surface area (Å²) in [6, 6.07) is 12.6. The number of carbonyl (C=O) groups excluding carboxylic acids is 1. The monoisotopic (exact) mass is 352 g/mol. The molecule has 3 rings (SSSR count). The number of halogens is 3. The van der Waals surface area contributed by atoms with Crippen molar-refractivity contribution in [3.8, 4) is 0 Å². The number of hydrogen-bond acceptors (Lipinski definition) is 1. The molecule has 2 aromatic carbocycles. The Morgan fingerprint density at radius 1 is 1.09 bits per heavy atom. The van der Waals surface area contributed by atoms with Crippen LogP contribution in [0.5, 0.6) is 0 Å². The topological polar surface area (TPSA) is 34.0 Å². The number of carbonyl (C=O) groups is 1. The van der Waals surface area contributed by atoms with Gasteiger partial charge in [-0.15, -0.1) is 0 Å². The highest BCUT2D eigenvalue weighted by Gasteiger charge is 2.10. The Morgan fingerprint density at radius 2 is 1.91 bits per heavy atom. The summed E-state index contributed by atoms with van der Waals surface area (Å²) in [5.74, 6) is -0.184. The van der Waals surface area contributed by atoms with E-state index in [1.54, 1.807) is 24.3 Å². The average Bonchev–Trinajstić information content (AvgIpc) is 2.86. The second-order valence-corrected chi connectivity index (χ2v) is 6.02. The molecule has 0 aliphatic carbocycles.